The summed E-state index contributed by atoms with van der Waals surface area (Å²) in [6.07, 6.45) is 0. The minimum absolute atomic E-state index is 0. The minimum Gasteiger partial charge on any atom is -0.507 e. The van der Waals surface area contributed by atoms with Crippen LogP contribution in [-0.4, -0.2) is 13.1 Å². The predicted molar refractivity (Wildman–Crippen MR) is 13.6 cm³/mol. The third-order valence-electron chi connectivity index (χ3n) is 0. The van der Waals surface area contributed by atoms with Crippen LogP contribution in [0, 0.1) is 0 Å². The number of rotatable bonds is 0. The van der Waals surface area contributed by atoms with E-state index in [1.807, 2.05) is 0 Å². The maximum absolute atomic E-state index is 9.49. The van der Waals surface area contributed by atoms with Crippen LogP contribution in [0.5, 0.6) is 0 Å². The van der Waals surface area contributed by atoms with E-state index in [4.69, 9.17) is 9.59 Å². The zero-order valence-corrected chi connectivity index (χ0v) is 9.68. The summed E-state index contributed by atoms with van der Waals surface area (Å²) in [4.78, 5) is 16.0. The Kier molecular flexibility index (Phi) is 2910. The molecule has 0 bridgehead atoms. The largest absolute Gasteiger partial charge is 0.507 e. The molecule has 0 radical (unpaired) electrons. The van der Waals surface area contributed by atoms with E-state index in [2.05, 4.69) is 0 Å². The van der Waals surface area contributed by atoms with Crippen molar-refractivity contribution >= 4 is 13.1 Å². The molecule has 0 N–H and O–H groups in total. The molecule has 0 fully saturated rings. The van der Waals surface area contributed by atoms with E-state index < -0.39 is 0 Å². The van der Waals surface area contributed by atoms with Crippen LogP contribution in [0.4, 0.5) is 8.78 Å². The maximum Gasteiger partial charge on any atom is 0 e. The molecule has 0 aromatic rings. The van der Waals surface area contributed by atoms with E-state index in [0.717, 1.165) is 0 Å². The van der Waals surface area contributed by atoms with Crippen molar-refractivity contribution in [1.82, 2.24) is 0 Å². The Hall–Kier alpha value is -1.80. The van der Waals surface area contributed by atoms with E-state index in [9.17, 15) is 8.78 Å². The van der Waals surface area contributed by atoms with Crippen LogP contribution in [0.2, 0.25) is 0 Å². The van der Waals surface area contributed by atoms with Gasteiger partial charge in [0, 0.05) is 0 Å². The zero-order valence-electron chi connectivity index (χ0n) is 3.28. The van der Waals surface area contributed by atoms with Gasteiger partial charge >= 0.3 is 0 Å². The van der Waals surface area contributed by atoms with E-state index >= 15 is 0 Å². The molecule has 0 saturated heterocycles. The standard InChI is InChI=1S/2CFO.Rf/c2*2-1-3;/q2*-1;/i1-3;;. The molecule has 0 aliphatic heterocycles. The maximum atomic E-state index is 9.49. The van der Waals surface area contributed by atoms with E-state index in [0.29, 0.717) is 0 Å². The molecule has 38 valence electrons. The Morgan fingerprint density at radius 3 is 1.57 bits per heavy atom. The zero-order chi connectivity index (χ0) is 5.41. The van der Waals surface area contributed by atoms with E-state index in [-0.39, 0.29) is 13.1 Å². The first-order chi connectivity index (χ1) is 2.83. The van der Waals surface area contributed by atoms with Crippen molar-refractivity contribution < 1.29 is 18.4 Å². The van der Waals surface area contributed by atoms with Crippen LogP contribution in [-0.2, 0) is 9.59 Å². The van der Waals surface area contributed by atoms with Crippen LogP contribution in [0.25, 0.3) is 0 Å². The quantitative estimate of drug-likeness (QED) is 0.453. The average Bonchev–Trinajstić information content (AvgIpc) is 1.39. The molecule has 0 rings (SSSR count). The predicted octanol–water partition coefficient (Wildman–Crippen LogP) is 0.0462. The molecule has 0 amide bonds. The Bertz CT molecular complexity index is 34.7. The molecule has 0 spiro atoms. The van der Waals surface area contributed by atoms with Crippen LogP contribution >= 0.6 is 0 Å². The first kappa shape index (κ1) is 19.0. The first-order valence-electron chi connectivity index (χ1n) is 0.786. The molecular formula is C2F2O2Rf-2. The van der Waals surface area contributed by atoms with Crippen molar-refractivity contribution in [2.24, 2.45) is 0 Å². The van der Waals surface area contributed by atoms with Crippen molar-refractivity contribution in [2.45, 2.75) is 0 Å². The fourth-order valence-electron chi connectivity index (χ4n) is 0. The normalized spacial score (nSPS) is 3.71. The van der Waals surface area contributed by atoms with Crippen LogP contribution in [0.3, 0.4) is 0 Å². The number of carbonyl (C=O) groups excluding carboxylic acids is 2. The van der Waals surface area contributed by atoms with Gasteiger partial charge in [0.15, 0.2) is 0 Å². The second-order valence-electron chi connectivity index (χ2n) is 0.154. The Morgan fingerprint density at radius 2 is 1.57 bits per heavy atom. The summed E-state index contributed by atoms with van der Waals surface area (Å²) in [5.41, 5.74) is 0. The fraction of sp³-hybridized carbons (Fsp3) is 0. The Labute approximate surface area is 32.8 Å². The van der Waals surface area contributed by atoms with Crippen LogP contribution in [0.15, 0.2) is 0 Å². The summed E-state index contributed by atoms with van der Waals surface area (Å²) in [7, 11) is 0. The van der Waals surface area contributed by atoms with E-state index in [1.165, 1.54) is 0 Å². The van der Waals surface area contributed by atoms with Crippen LogP contribution < -0.4 is 0 Å². The number of hydrogen-bond donors (Lipinski definition) is 0. The molecule has 0 aliphatic rings. The third-order valence-corrected chi connectivity index (χ3v) is 0. The number of hydrogen-bond acceptors (Lipinski definition) is 2. The van der Waals surface area contributed by atoms with Gasteiger partial charge in [0.1, 0.15) is 0 Å². The Balaban J connectivity index is -0.0000000400. The molecule has 0 saturated carbocycles. The van der Waals surface area contributed by atoms with Crippen LogP contribution in [0.1, 0.15) is 0 Å². The summed E-state index contributed by atoms with van der Waals surface area (Å²) in [6.45, 7) is 0. The monoisotopic (exact) mass is 358 g/mol. The summed E-state index contributed by atoms with van der Waals surface area (Å²) in [5, 5.41) is 0. The second kappa shape index (κ2) is 1080. The van der Waals surface area contributed by atoms with Gasteiger partial charge in [-0.2, -0.15) is 0 Å². The SMILES string of the molecule is O=[9C-]F.O=[C-]F.[Rf]. The van der Waals surface area contributed by atoms with Gasteiger partial charge in [0.2, 0.25) is 0 Å². The van der Waals surface area contributed by atoms with Crippen molar-refractivity contribution in [1.29, 1.82) is 0 Å². The fourth-order valence-corrected chi connectivity index (χ4v) is 0. The van der Waals surface area contributed by atoms with Crippen molar-refractivity contribution in [3.05, 3.63) is 0 Å². The van der Waals surface area contributed by atoms with E-state index in [1.54, 1.807) is 0 Å². The molecule has 0 unspecified atom stereocenters. The average molecular weight is 358 g/mol. The molecular weight excluding hydrogens is 358 g/mol. The molecule has 0 aliphatic carbocycles. The minimum atomic E-state index is 0. The van der Waals surface area contributed by atoms with Crippen molar-refractivity contribution in [3.8, 4) is 0 Å². The van der Waals surface area contributed by atoms with Gasteiger partial charge in [0.25, 0.3) is 0 Å². The topological polar surface area (TPSA) is 34.1 Å². The smallest absolute Gasteiger partial charge is 0 e. The van der Waals surface area contributed by atoms with Crippen molar-refractivity contribution in [2.75, 3.05) is 0 Å². The third kappa shape index (κ3) is 6.27. The first-order valence-corrected chi connectivity index (χ1v) is 0.786. The molecule has 7 heavy (non-hydrogen) atoms. The van der Waals surface area contributed by atoms with Gasteiger partial charge in [-0.1, -0.05) is 13.1 Å². The van der Waals surface area contributed by atoms with Gasteiger partial charge in [-0.25, -0.2) is 0 Å². The molecule has 0 atom stereocenters. The molecule has 5 heteroatoms. The summed E-state index contributed by atoms with van der Waals surface area (Å²) in [5.74, 6) is 0. The summed E-state index contributed by atoms with van der Waals surface area (Å²) >= 11 is 0. The van der Waals surface area contributed by atoms with Gasteiger partial charge < -0.3 is 18.4 Å². The number of halogens is 2. The molecule has 0 aromatic heterocycles. The van der Waals surface area contributed by atoms with Gasteiger partial charge in [-0.3, -0.25) is 0 Å². The second-order valence-corrected chi connectivity index (χ2v) is 0.154. The van der Waals surface area contributed by atoms with Gasteiger partial charge in [-0.15, -0.1) is 0 Å². The van der Waals surface area contributed by atoms with Gasteiger partial charge in [0.05, 0.1) is 0 Å². The van der Waals surface area contributed by atoms with Crippen molar-refractivity contribution in [3.63, 3.8) is 0 Å². The Morgan fingerprint density at radius 1 is 1.57 bits per heavy atom. The summed E-state index contributed by atoms with van der Waals surface area (Å²) in [6, 6.07) is 0. The van der Waals surface area contributed by atoms with Gasteiger partial charge in [-0.05, 0) is 0 Å². The molecule has 0 aromatic carbocycles. The molecule has 0 heterocycles. The molecule has 2 nitrogen and oxygen atoms in total. The summed E-state index contributed by atoms with van der Waals surface area (Å²) < 4.78 is 19.0.